The van der Waals surface area contributed by atoms with E-state index in [4.69, 9.17) is 0 Å². The summed E-state index contributed by atoms with van der Waals surface area (Å²) in [6.45, 7) is 7.51. The van der Waals surface area contributed by atoms with Crippen LogP contribution in [0.25, 0.3) is 0 Å². The van der Waals surface area contributed by atoms with Gasteiger partial charge < -0.3 is 4.57 Å². The van der Waals surface area contributed by atoms with Crippen molar-refractivity contribution in [2.24, 2.45) is 0 Å². The van der Waals surface area contributed by atoms with Gasteiger partial charge in [-0.05, 0) is 13.3 Å². The monoisotopic (exact) mass is 175 g/mol. The minimum Gasteiger partial charge on any atom is -0.323 e. The van der Waals surface area contributed by atoms with Crippen molar-refractivity contribution < 1.29 is 4.57 Å². The van der Waals surface area contributed by atoms with E-state index in [1.807, 2.05) is 13.3 Å². The number of nitrogens with zero attached hydrogens (tertiary/aromatic N) is 2. The first kappa shape index (κ1) is 9.24. The summed E-state index contributed by atoms with van der Waals surface area (Å²) >= 11 is 0. The van der Waals surface area contributed by atoms with E-state index < -0.39 is 7.14 Å². The molecule has 0 spiro atoms. The molecule has 0 aromatic rings. The number of hydrogen-bond donors (Lipinski definition) is 0. The minimum atomic E-state index is -1.85. The summed E-state index contributed by atoms with van der Waals surface area (Å²) in [6, 6.07) is 0. The van der Waals surface area contributed by atoms with Crippen molar-refractivity contribution in [3.8, 4) is 0 Å². The van der Waals surface area contributed by atoms with Gasteiger partial charge in [0.15, 0.2) is 0 Å². The molecule has 0 aromatic heterocycles. The molecule has 11 heavy (non-hydrogen) atoms. The van der Waals surface area contributed by atoms with E-state index in [1.165, 1.54) is 0 Å². The second-order valence-electron chi connectivity index (χ2n) is 3.50. The molecule has 1 aliphatic heterocycles. The predicted octanol–water partition coefficient (Wildman–Crippen LogP) is 0.487. The Bertz CT molecular complexity index is 160. The zero-order valence-corrected chi connectivity index (χ0v) is 8.18. The summed E-state index contributed by atoms with van der Waals surface area (Å²) in [7, 11) is -1.85. The SMILES string of the molecule is CP(C)(=O)CN1CC[N]CC1. The summed E-state index contributed by atoms with van der Waals surface area (Å²) in [5.74, 6) is 0. The predicted molar refractivity (Wildman–Crippen MR) is 47.8 cm³/mol. The quantitative estimate of drug-likeness (QED) is 0.572. The summed E-state index contributed by atoms with van der Waals surface area (Å²) < 4.78 is 11.4. The Morgan fingerprint density at radius 1 is 1.36 bits per heavy atom. The average Bonchev–Trinajstić information content (AvgIpc) is 1.85. The van der Waals surface area contributed by atoms with Crippen LogP contribution in [0.3, 0.4) is 0 Å². The van der Waals surface area contributed by atoms with E-state index in [9.17, 15) is 4.57 Å². The molecule has 1 fully saturated rings. The van der Waals surface area contributed by atoms with Crippen molar-refractivity contribution in [1.82, 2.24) is 10.2 Å². The molecule has 1 rings (SSSR count). The van der Waals surface area contributed by atoms with Crippen molar-refractivity contribution in [3.05, 3.63) is 0 Å². The van der Waals surface area contributed by atoms with E-state index in [-0.39, 0.29) is 0 Å². The van der Waals surface area contributed by atoms with Crippen molar-refractivity contribution >= 4 is 7.14 Å². The Kier molecular flexibility index (Phi) is 3.11. The Morgan fingerprint density at radius 2 is 1.91 bits per heavy atom. The minimum absolute atomic E-state index is 0.766. The van der Waals surface area contributed by atoms with Crippen LogP contribution >= 0.6 is 7.14 Å². The van der Waals surface area contributed by atoms with Crippen LogP contribution in [0.2, 0.25) is 0 Å². The smallest absolute Gasteiger partial charge is 0.0951 e. The molecule has 4 heteroatoms. The lowest BCUT2D eigenvalue weighted by Gasteiger charge is -2.27. The largest absolute Gasteiger partial charge is 0.323 e. The van der Waals surface area contributed by atoms with Gasteiger partial charge in [0.1, 0.15) is 0 Å². The normalized spacial score (nSPS) is 22.0. The molecule has 1 radical (unpaired) electrons. The zero-order chi connectivity index (χ0) is 8.32. The van der Waals surface area contributed by atoms with Gasteiger partial charge in [-0.3, -0.25) is 4.90 Å². The Morgan fingerprint density at radius 3 is 2.36 bits per heavy atom. The molecular formula is C7H16N2OP. The highest BCUT2D eigenvalue weighted by Gasteiger charge is 2.16. The molecule has 0 aromatic carbocycles. The van der Waals surface area contributed by atoms with Gasteiger partial charge in [-0.1, -0.05) is 0 Å². The highest BCUT2D eigenvalue weighted by Crippen LogP contribution is 2.36. The molecule has 0 bridgehead atoms. The van der Waals surface area contributed by atoms with E-state index in [0.29, 0.717) is 0 Å². The highest BCUT2D eigenvalue weighted by molar-refractivity contribution is 7.62. The van der Waals surface area contributed by atoms with Gasteiger partial charge in [0, 0.05) is 26.2 Å². The molecule has 0 unspecified atom stereocenters. The van der Waals surface area contributed by atoms with Gasteiger partial charge in [0.05, 0.1) is 13.4 Å². The first-order valence-electron chi connectivity index (χ1n) is 3.97. The lowest BCUT2D eigenvalue weighted by Crippen LogP contribution is -2.40. The Hall–Kier alpha value is 0.150. The van der Waals surface area contributed by atoms with Crippen LogP contribution in [-0.2, 0) is 4.57 Å². The fourth-order valence-electron chi connectivity index (χ4n) is 1.27. The van der Waals surface area contributed by atoms with Gasteiger partial charge in [0.2, 0.25) is 0 Å². The lowest BCUT2D eigenvalue weighted by atomic mass is 10.4. The van der Waals surface area contributed by atoms with Crippen LogP contribution in [0, 0.1) is 0 Å². The van der Waals surface area contributed by atoms with E-state index in [2.05, 4.69) is 10.2 Å². The second-order valence-corrected chi connectivity index (χ2v) is 6.93. The van der Waals surface area contributed by atoms with E-state index in [1.54, 1.807) is 0 Å². The number of hydrogen-bond acceptors (Lipinski definition) is 2. The van der Waals surface area contributed by atoms with Gasteiger partial charge in [-0.15, -0.1) is 0 Å². The molecule has 0 atom stereocenters. The van der Waals surface area contributed by atoms with Crippen molar-refractivity contribution in [2.75, 3.05) is 45.8 Å². The number of rotatable bonds is 2. The fraction of sp³-hybridized carbons (Fsp3) is 1.00. The van der Waals surface area contributed by atoms with Crippen LogP contribution in [-0.4, -0.2) is 50.7 Å². The maximum absolute atomic E-state index is 11.4. The summed E-state index contributed by atoms with van der Waals surface area (Å²) in [6.07, 6.45) is 0.766. The molecule has 1 saturated heterocycles. The number of piperazine rings is 1. The maximum atomic E-state index is 11.4. The molecule has 1 heterocycles. The third kappa shape index (κ3) is 3.90. The van der Waals surface area contributed by atoms with Gasteiger partial charge >= 0.3 is 0 Å². The van der Waals surface area contributed by atoms with Gasteiger partial charge in [-0.2, -0.15) is 0 Å². The molecule has 1 aliphatic rings. The standard InChI is InChI=1S/C7H16N2OP/c1-11(2,10)7-9-5-3-8-4-6-9/h3-7H2,1-2H3. The molecule has 0 saturated carbocycles. The van der Waals surface area contributed by atoms with Crippen LogP contribution in [0.4, 0.5) is 0 Å². The molecule has 3 nitrogen and oxygen atoms in total. The Balaban J connectivity index is 2.30. The van der Waals surface area contributed by atoms with Crippen LogP contribution < -0.4 is 5.32 Å². The second kappa shape index (κ2) is 3.70. The summed E-state index contributed by atoms with van der Waals surface area (Å²) in [5.41, 5.74) is 0. The van der Waals surface area contributed by atoms with E-state index >= 15 is 0 Å². The maximum Gasteiger partial charge on any atom is 0.0951 e. The summed E-state index contributed by atoms with van der Waals surface area (Å²) in [4.78, 5) is 2.24. The molecule has 0 N–H and O–H groups in total. The molecule has 0 amide bonds. The van der Waals surface area contributed by atoms with Crippen LogP contribution in [0.1, 0.15) is 0 Å². The summed E-state index contributed by atoms with van der Waals surface area (Å²) in [5, 5.41) is 4.23. The zero-order valence-electron chi connectivity index (χ0n) is 7.29. The average molecular weight is 175 g/mol. The topological polar surface area (TPSA) is 34.4 Å². The molecule has 65 valence electrons. The van der Waals surface area contributed by atoms with Crippen LogP contribution in [0.15, 0.2) is 0 Å². The third-order valence-corrected chi connectivity index (χ3v) is 2.77. The van der Waals surface area contributed by atoms with Crippen LogP contribution in [0.5, 0.6) is 0 Å². The van der Waals surface area contributed by atoms with Gasteiger partial charge in [-0.25, -0.2) is 5.32 Å². The first-order chi connectivity index (χ1) is 5.08. The van der Waals surface area contributed by atoms with Crippen molar-refractivity contribution in [3.63, 3.8) is 0 Å². The highest BCUT2D eigenvalue weighted by atomic mass is 31.2. The third-order valence-electron chi connectivity index (χ3n) is 1.69. The fourth-order valence-corrected chi connectivity index (χ4v) is 2.52. The first-order valence-corrected chi connectivity index (χ1v) is 6.76. The van der Waals surface area contributed by atoms with Gasteiger partial charge in [0.25, 0.3) is 0 Å². The Labute approximate surface area is 68.5 Å². The van der Waals surface area contributed by atoms with Crippen molar-refractivity contribution in [1.29, 1.82) is 0 Å². The molecule has 0 aliphatic carbocycles. The lowest BCUT2D eigenvalue weighted by molar-refractivity contribution is 0.271. The van der Waals surface area contributed by atoms with E-state index in [0.717, 1.165) is 32.5 Å². The molecular weight excluding hydrogens is 159 g/mol. The van der Waals surface area contributed by atoms with Crippen molar-refractivity contribution in [2.45, 2.75) is 0 Å².